The van der Waals surface area contributed by atoms with Crippen molar-refractivity contribution in [3.8, 4) is 0 Å². The summed E-state index contributed by atoms with van der Waals surface area (Å²) in [7, 11) is 1.12. The zero-order chi connectivity index (χ0) is 21.3. The Morgan fingerprint density at radius 3 is 2.69 bits per heavy atom. The molecular formula is C18H13ClF2N4O4. The first-order valence-corrected chi connectivity index (χ1v) is 8.50. The number of hydrogen-bond acceptors (Lipinski definition) is 7. The summed E-state index contributed by atoms with van der Waals surface area (Å²) < 4.78 is 33.6. The summed E-state index contributed by atoms with van der Waals surface area (Å²) >= 11 is 5.74. The molecule has 8 nitrogen and oxygen atoms in total. The quantitative estimate of drug-likeness (QED) is 0.459. The second-order valence-corrected chi connectivity index (χ2v) is 6.36. The number of ether oxygens (including phenoxy) is 1. The van der Waals surface area contributed by atoms with Crippen molar-refractivity contribution in [3.05, 3.63) is 79.8 Å². The summed E-state index contributed by atoms with van der Waals surface area (Å²) in [6.45, 7) is 1.48. The van der Waals surface area contributed by atoms with E-state index in [2.05, 4.69) is 15.3 Å². The zero-order valence-electron chi connectivity index (χ0n) is 15.1. The van der Waals surface area contributed by atoms with E-state index in [0.717, 1.165) is 25.3 Å². The molecule has 0 bridgehead atoms. The largest absolute Gasteiger partial charge is 0.466 e. The van der Waals surface area contributed by atoms with Gasteiger partial charge in [0.15, 0.2) is 11.7 Å². The van der Waals surface area contributed by atoms with E-state index in [1.54, 1.807) is 0 Å². The summed E-state index contributed by atoms with van der Waals surface area (Å²) in [5.74, 6) is -2.53. The summed E-state index contributed by atoms with van der Waals surface area (Å²) in [6.07, 6.45) is 1.33. The zero-order valence-corrected chi connectivity index (χ0v) is 15.8. The number of methoxy groups -OCH3 is 1. The molecule has 1 unspecified atom stereocenters. The number of nitrogens with one attached hydrogen (secondary N) is 1. The number of aliphatic imine (C=N–C) groups is 1. The Kier molecular flexibility index (Phi) is 5.55. The van der Waals surface area contributed by atoms with Crippen LogP contribution in [0.15, 0.2) is 46.7 Å². The summed E-state index contributed by atoms with van der Waals surface area (Å²) in [4.78, 5) is 30.9. The number of carbonyl (C=O) groups is 1. The van der Waals surface area contributed by atoms with E-state index in [-0.39, 0.29) is 28.4 Å². The van der Waals surface area contributed by atoms with Crippen LogP contribution >= 0.6 is 11.6 Å². The lowest BCUT2D eigenvalue weighted by molar-refractivity contribution is -0.384. The highest BCUT2D eigenvalue weighted by Gasteiger charge is 2.34. The van der Waals surface area contributed by atoms with E-state index in [1.807, 2.05) is 0 Å². The molecule has 0 spiro atoms. The van der Waals surface area contributed by atoms with E-state index >= 15 is 0 Å². The molecule has 2 heterocycles. The molecule has 0 saturated carbocycles. The van der Waals surface area contributed by atoms with Crippen LogP contribution in [0.3, 0.4) is 0 Å². The normalized spacial score (nSPS) is 16.2. The van der Waals surface area contributed by atoms with Crippen molar-refractivity contribution in [2.75, 3.05) is 7.11 Å². The molecule has 1 atom stereocenters. The maximum atomic E-state index is 14.7. The lowest BCUT2D eigenvalue weighted by Crippen LogP contribution is -2.34. The van der Waals surface area contributed by atoms with Gasteiger partial charge in [0, 0.05) is 23.5 Å². The SMILES string of the molecule is COC(=O)C1=C(C)NC(c2ncccc2F)=NC1c1cc([N+](=O)[O-])c(Cl)cc1F. The molecule has 0 aliphatic carbocycles. The minimum absolute atomic E-state index is 0.0738. The number of halogens is 3. The van der Waals surface area contributed by atoms with Gasteiger partial charge in [-0.25, -0.2) is 18.6 Å². The van der Waals surface area contributed by atoms with E-state index in [1.165, 1.54) is 19.2 Å². The molecule has 2 aromatic rings. The number of rotatable bonds is 4. The van der Waals surface area contributed by atoms with Crippen LogP contribution in [0, 0.1) is 21.7 Å². The number of nitro groups is 1. The Labute approximate surface area is 168 Å². The van der Waals surface area contributed by atoms with E-state index in [9.17, 15) is 23.7 Å². The van der Waals surface area contributed by atoms with Crippen LogP contribution in [-0.2, 0) is 9.53 Å². The molecule has 1 N–H and O–H groups in total. The third-order valence-electron chi connectivity index (χ3n) is 4.19. The Hall–Kier alpha value is -3.40. The van der Waals surface area contributed by atoms with E-state index in [4.69, 9.17) is 16.3 Å². The molecule has 1 aromatic carbocycles. The van der Waals surface area contributed by atoms with Crippen molar-refractivity contribution in [3.63, 3.8) is 0 Å². The van der Waals surface area contributed by atoms with Crippen molar-refractivity contribution < 1.29 is 23.2 Å². The second-order valence-electron chi connectivity index (χ2n) is 5.95. The maximum absolute atomic E-state index is 14.7. The van der Waals surface area contributed by atoms with E-state index in [0.29, 0.717) is 0 Å². The minimum Gasteiger partial charge on any atom is -0.466 e. The van der Waals surface area contributed by atoms with Crippen LogP contribution in [0.25, 0.3) is 0 Å². The van der Waals surface area contributed by atoms with Crippen molar-refractivity contribution in [1.82, 2.24) is 10.3 Å². The minimum atomic E-state index is -1.35. The van der Waals surface area contributed by atoms with Gasteiger partial charge >= 0.3 is 5.97 Å². The first-order chi connectivity index (χ1) is 13.7. The van der Waals surface area contributed by atoms with Crippen molar-refractivity contribution in [2.45, 2.75) is 13.0 Å². The van der Waals surface area contributed by atoms with Gasteiger partial charge in [-0.05, 0) is 25.1 Å². The highest BCUT2D eigenvalue weighted by molar-refractivity contribution is 6.32. The molecule has 0 saturated heterocycles. The topological polar surface area (TPSA) is 107 Å². The molecule has 1 aliphatic heterocycles. The number of carbonyl (C=O) groups excluding carboxylic acids is 1. The second kappa shape index (κ2) is 7.92. The van der Waals surface area contributed by atoms with Gasteiger partial charge in [0.2, 0.25) is 0 Å². The van der Waals surface area contributed by atoms with Crippen molar-refractivity contribution in [1.29, 1.82) is 0 Å². The molecule has 1 aromatic heterocycles. The highest BCUT2D eigenvalue weighted by atomic mass is 35.5. The molecule has 0 fully saturated rings. The van der Waals surface area contributed by atoms with Gasteiger partial charge in [0.25, 0.3) is 5.69 Å². The fourth-order valence-corrected chi connectivity index (χ4v) is 3.08. The number of nitro benzene ring substituents is 1. The molecule has 1 aliphatic rings. The molecule has 0 radical (unpaired) electrons. The molecule has 0 amide bonds. The third-order valence-corrected chi connectivity index (χ3v) is 4.49. The first-order valence-electron chi connectivity index (χ1n) is 8.12. The summed E-state index contributed by atoms with van der Waals surface area (Å²) in [6, 6.07) is 2.84. The van der Waals surface area contributed by atoms with Gasteiger partial charge in [0.05, 0.1) is 17.6 Å². The number of aromatic nitrogens is 1. The Bertz CT molecular complexity index is 1090. The summed E-state index contributed by atoms with van der Waals surface area (Å²) in [5, 5.41) is 13.6. The first kappa shape index (κ1) is 20.3. The number of pyridine rings is 1. The molecule has 29 heavy (non-hydrogen) atoms. The fraction of sp³-hybridized carbons (Fsp3) is 0.167. The molecular weight excluding hydrogens is 410 g/mol. The average Bonchev–Trinajstić information content (AvgIpc) is 2.67. The number of nitrogens with zero attached hydrogens (tertiary/aromatic N) is 3. The number of allylic oxidation sites excluding steroid dienone is 1. The van der Waals surface area contributed by atoms with Gasteiger partial charge in [-0.3, -0.25) is 15.1 Å². The predicted molar refractivity (Wildman–Crippen MR) is 99.4 cm³/mol. The van der Waals surface area contributed by atoms with Crippen LogP contribution in [0.4, 0.5) is 14.5 Å². The van der Waals surface area contributed by atoms with E-state index < -0.39 is 39.3 Å². The highest BCUT2D eigenvalue weighted by Crippen LogP contribution is 2.37. The number of benzene rings is 1. The van der Waals surface area contributed by atoms with Gasteiger partial charge in [-0.15, -0.1) is 0 Å². The fourth-order valence-electron chi connectivity index (χ4n) is 2.86. The van der Waals surface area contributed by atoms with Crippen molar-refractivity contribution in [2.24, 2.45) is 4.99 Å². The Balaban J connectivity index is 2.24. The van der Waals surface area contributed by atoms with Gasteiger partial charge in [0.1, 0.15) is 22.6 Å². The third kappa shape index (κ3) is 3.79. The van der Waals surface area contributed by atoms with Crippen LogP contribution < -0.4 is 5.32 Å². The molecule has 3 rings (SSSR count). The Morgan fingerprint density at radius 2 is 2.07 bits per heavy atom. The lowest BCUT2D eigenvalue weighted by atomic mass is 9.95. The monoisotopic (exact) mass is 422 g/mol. The Morgan fingerprint density at radius 1 is 1.34 bits per heavy atom. The predicted octanol–water partition coefficient (Wildman–Crippen LogP) is 3.46. The maximum Gasteiger partial charge on any atom is 0.338 e. The number of esters is 1. The van der Waals surface area contributed by atoms with Crippen LogP contribution in [0.5, 0.6) is 0 Å². The molecule has 11 heteroatoms. The standard InChI is InChI=1S/C18H13ClF2N4O4/c1-8-14(18(26)29-2)15(9-6-13(25(27)28)10(19)7-12(9)21)24-17(23-8)16-11(20)4-3-5-22-16/h3-7,15H,1-2H3,(H,23,24). The number of hydrogen-bond donors (Lipinski definition) is 1. The lowest BCUT2D eigenvalue weighted by Gasteiger charge is -2.26. The summed E-state index contributed by atoms with van der Waals surface area (Å²) in [5.41, 5.74) is -0.915. The van der Waals surface area contributed by atoms with Gasteiger partial charge < -0.3 is 10.1 Å². The van der Waals surface area contributed by atoms with Crippen LogP contribution in [-0.4, -0.2) is 28.8 Å². The number of amidine groups is 1. The van der Waals surface area contributed by atoms with Crippen LogP contribution in [0.2, 0.25) is 5.02 Å². The van der Waals surface area contributed by atoms with Gasteiger partial charge in [-0.1, -0.05) is 11.6 Å². The molecule has 150 valence electrons. The average molecular weight is 423 g/mol. The van der Waals surface area contributed by atoms with Crippen molar-refractivity contribution >= 4 is 29.1 Å². The van der Waals surface area contributed by atoms with Gasteiger partial charge in [-0.2, -0.15) is 0 Å². The smallest absolute Gasteiger partial charge is 0.338 e. The van der Waals surface area contributed by atoms with Crippen LogP contribution in [0.1, 0.15) is 24.2 Å².